The first kappa shape index (κ1) is 14.0. The van der Waals surface area contributed by atoms with Gasteiger partial charge in [-0.25, -0.2) is 4.68 Å². The van der Waals surface area contributed by atoms with Crippen LogP contribution in [0, 0.1) is 18.8 Å². The molecule has 5 heteroatoms. The van der Waals surface area contributed by atoms with Crippen molar-refractivity contribution < 1.29 is 0 Å². The Morgan fingerprint density at radius 2 is 2.05 bits per heavy atom. The standard InChI is InChI=1S/C16H23N5/c1-10-7-8-14(12(3)9-10)21-16(18-19-20-21)15-11(2)5-4-6-13(15)17/h4-6,10,12,14H,7-9,17H2,1-3H3. The lowest BCUT2D eigenvalue weighted by atomic mass is 9.80. The molecule has 1 saturated carbocycles. The van der Waals surface area contributed by atoms with Crippen LogP contribution in [0.1, 0.15) is 44.7 Å². The van der Waals surface area contributed by atoms with E-state index in [4.69, 9.17) is 5.73 Å². The number of hydrogen-bond donors (Lipinski definition) is 1. The molecule has 0 amide bonds. The molecule has 1 heterocycles. The highest BCUT2D eigenvalue weighted by molar-refractivity contribution is 5.74. The molecule has 1 fully saturated rings. The van der Waals surface area contributed by atoms with E-state index < -0.39 is 0 Å². The molecule has 1 aromatic heterocycles. The number of tetrazole rings is 1. The number of benzene rings is 1. The fourth-order valence-electron chi connectivity index (χ4n) is 3.59. The van der Waals surface area contributed by atoms with Crippen molar-refractivity contribution >= 4 is 5.69 Å². The van der Waals surface area contributed by atoms with Crippen molar-refractivity contribution in [1.82, 2.24) is 20.2 Å². The number of rotatable bonds is 2. The third kappa shape index (κ3) is 2.52. The molecule has 2 N–H and O–H groups in total. The summed E-state index contributed by atoms with van der Waals surface area (Å²) in [4.78, 5) is 0. The van der Waals surface area contributed by atoms with Gasteiger partial charge in [-0.2, -0.15) is 0 Å². The molecule has 0 aliphatic heterocycles. The van der Waals surface area contributed by atoms with Crippen molar-refractivity contribution in [2.75, 3.05) is 5.73 Å². The summed E-state index contributed by atoms with van der Waals surface area (Å²) < 4.78 is 2.00. The van der Waals surface area contributed by atoms with E-state index in [0.29, 0.717) is 12.0 Å². The Hall–Kier alpha value is -1.91. The van der Waals surface area contributed by atoms with Gasteiger partial charge in [0.2, 0.25) is 0 Å². The predicted octanol–water partition coefficient (Wildman–Crippen LogP) is 3.23. The van der Waals surface area contributed by atoms with Crippen molar-refractivity contribution in [3.8, 4) is 11.4 Å². The lowest BCUT2D eigenvalue weighted by molar-refractivity contribution is 0.194. The van der Waals surface area contributed by atoms with Gasteiger partial charge in [0.05, 0.1) is 6.04 Å². The van der Waals surface area contributed by atoms with Crippen LogP contribution >= 0.6 is 0 Å². The average molecular weight is 285 g/mol. The van der Waals surface area contributed by atoms with Crippen LogP contribution in [-0.2, 0) is 0 Å². The smallest absolute Gasteiger partial charge is 0.184 e. The van der Waals surface area contributed by atoms with E-state index in [1.165, 1.54) is 12.8 Å². The van der Waals surface area contributed by atoms with E-state index >= 15 is 0 Å². The zero-order chi connectivity index (χ0) is 15.0. The summed E-state index contributed by atoms with van der Waals surface area (Å²) >= 11 is 0. The molecule has 3 unspecified atom stereocenters. The maximum absolute atomic E-state index is 6.16. The Kier molecular flexibility index (Phi) is 3.66. The highest BCUT2D eigenvalue weighted by atomic mass is 15.6. The second-order valence-corrected chi connectivity index (χ2v) is 6.45. The Morgan fingerprint density at radius 3 is 2.76 bits per heavy atom. The van der Waals surface area contributed by atoms with Gasteiger partial charge in [-0.05, 0) is 60.1 Å². The van der Waals surface area contributed by atoms with Crippen LogP contribution in [0.4, 0.5) is 5.69 Å². The monoisotopic (exact) mass is 285 g/mol. The maximum atomic E-state index is 6.16. The molecule has 3 atom stereocenters. The van der Waals surface area contributed by atoms with Gasteiger partial charge in [-0.1, -0.05) is 26.0 Å². The highest BCUT2D eigenvalue weighted by Crippen LogP contribution is 2.39. The molecule has 5 nitrogen and oxygen atoms in total. The van der Waals surface area contributed by atoms with Crippen LogP contribution in [0.15, 0.2) is 18.2 Å². The second kappa shape index (κ2) is 5.47. The quantitative estimate of drug-likeness (QED) is 0.860. The fourth-order valence-corrected chi connectivity index (χ4v) is 3.59. The van der Waals surface area contributed by atoms with Crippen molar-refractivity contribution in [3.05, 3.63) is 23.8 Å². The van der Waals surface area contributed by atoms with Gasteiger partial charge in [-0.15, -0.1) is 5.10 Å². The van der Waals surface area contributed by atoms with Gasteiger partial charge in [0.1, 0.15) is 0 Å². The lowest BCUT2D eigenvalue weighted by Gasteiger charge is -2.32. The zero-order valence-electron chi connectivity index (χ0n) is 13.0. The number of nitrogen functional groups attached to an aromatic ring is 1. The van der Waals surface area contributed by atoms with Crippen LogP contribution in [0.2, 0.25) is 0 Å². The molecular weight excluding hydrogens is 262 g/mol. The number of nitrogens with zero attached hydrogens (tertiary/aromatic N) is 4. The summed E-state index contributed by atoms with van der Waals surface area (Å²) in [7, 11) is 0. The van der Waals surface area contributed by atoms with E-state index in [1.54, 1.807) is 0 Å². The van der Waals surface area contributed by atoms with Crippen molar-refractivity contribution in [1.29, 1.82) is 0 Å². The third-order valence-electron chi connectivity index (χ3n) is 4.72. The topological polar surface area (TPSA) is 69.6 Å². The van der Waals surface area contributed by atoms with Crippen LogP contribution in [0.3, 0.4) is 0 Å². The molecule has 0 saturated heterocycles. The minimum Gasteiger partial charge on any atom is -0.398 e. The van der Waals surface area contributed by atoms with Gasteiger partial charge in [0, 0.05) is 11.3 Å². The van der Waals surface area contributed by atoms with Crippen molar-refractivity contribution in [3.63, 3.8) is 0 Å². The zero-order valence-corrected chi connectivity index (χ0v) is 13.0. The van der Waals surface area contributed by atoms with E-state index in [2.05, 4.69) is 42.4 Å². The Bertz CT molecular complexity index is 613. The summed E-state index contributed by atoms with van der Waals surface area (Å²) in [6, 6.07) is 6.29. The molecule has 1 aliphatic carbocycles. The first-order chi connectivity index (χ1) is 10.1. The summed E-state index contributed by atoms with van der Waals surface area (Å²) in [5.41, 5.74) is 8.98. The molecule has 0 bridgehead atoms. The van der Waals surface area contributed by atoms with Crippen molar-refractivity contribution in [2.24, 2.45) is 11.8 Å². The second-order valence-electron chi connectivity index (χ2n) is 6.45. The van der Waals surface area contributed by atoms with Gasteiger partial charge in [-0.3, -0.25) is 0 Å². The van der Waals surface area contributed by atoms with Crippen LogP contribution in [-0.4, -0.2) is 20.2 Å². The van der Waals surface area contributed by atoms with Crippen LogP contribution < -0.4 is 5.73 Å². The van der Waals surface area contributed by atoms with Gasteiger partial charge in [0.25, 0.3) is 0 Å². The summed E-state index contributed by atoms with van der Waals surface area (Å²) in [6.07, 6.45) is 3.59. The van der Waals surface area contributed by atoms with Gasteiger partial charge < -0.3 is 5.73 Å². The fraction of sp³-hybridized carbons (Fsp3) is 0.562. The minimum atomic E-state index is 0.366. The largest absolute Gasteiger partial charge is 0.398 e. The van der Waals surface area contributed by atoms with E-state index in [1.807, 2.05) is 16.8 Å². The number of aromatic nitrogens is 4. The molecule has 21 heavy (non-hydrogen) atoms. The van der Waals surface area contributed by atoms with E-state index in [-0.39, 0.29) is 0 Å². The summed E-state index contributed by atoms with van der Waals surface area (Å²) in [5, 5.41) is 12.4. The van der Waals surface area contributed by atoms with Crippen LogP contribution in [0.5, 0.6) is 0 Å². The van der Waals surface area contributed by atoms with Crippen molar-refractivity contribution in [2.45, 2.75) is 46.1 Å². The molecule has 112 valence electrons. The first-order valence-corrected chi connectivity index (χ1v) is 7.71. The SMILES string of the molecule is Cc1cccc(N)c1-c1nnnn1C1CCC(C)CC1C. The average Bonchev–Trinajstić information content (AvgIpc) is 2.87. The molecule has 0 radical (unpaired) electrons. The van der Waals surface area contributed by atoms with Gasteiger partial charge >= 0.3 is 0 Å². The molecule has 1 aromatic carbocycles. The number of hydrogen-bond acceptors (Lipinski definition) is 4. The first-order valence-electron chi connectivity index (χ1n) is 7.71. The number of anilines is 1. The maximum Gasteiger partial charge on any atom is 0.184 e. The van der Waals surface area contributed by atoms with E-state index in [9.17, 15) is 0 Å². The van der Waals surface area contributed by atoms with E-state index in [0.717, 1.165) is 35.0 Å². The van der Waals surface area contributed by atoms with Gasteiger partial charge in [0.15, 0.2) is 5.82 Å². The Balaban J connectivity index is 2.02. The molecule has 2 aromatic rings. The number of nitrogens with two attached hydrogens (primary N) is 1. The highest BCUT2D eigenvalue weighted by Gasteiger charge is 2.30. The lowest BCUT2D eigenvalue weighted by Crippen LogP contribution is -2.26. The number of aryl methyl sites for hydroxylation is 1. The molecule has 1 aliphatic rings. The third-order valence-corrected chi connectivity index (χ3v) is 4.72. The minimum absolute atomic E-state index is 0.366. The molecule has 3 rings (SSSR count). The Morgan fingerprint density at radius 1 is 1.24 bits per heavy atom. The van der Waals surface area contributed by atoms with Crippen LogP contribution in [0.25, 0.3) is 11.4 Å². The summed E-state index contributed by atoms with van der Waals surface area (Å²) in [5.74, 6) is 2.18. The Labute approximate surface area is 125 Å². The normalized spacial score (nSPS) is 26.0. The molecule has 0 spiro atoms. The summed E-state index contributed by atoms with van der Waals surface area (Å²) in [6.45, 7) is 6.68. The molecular formula is C16H23N5. The predicted molar refractivity (Wildman–Crippen MR) is 83.6 cm³/mol.